The fraction of sp³-hybridized carbons (Fsp3) is 0.471. The highest BCUT2D eigenvalue weighted by Gasteiger charge is 2.17. The molecule has 0 aliphatic carbocycles. The molecule has 2 amide bonds. The number of aliphatic carboxylic acids is 1. The van der Waals surface area contributed by atoms with E-state index in [4.69, 9.17) is 5.11 Å². The highest BCUT2D eigenvalue weighted by Crippen LogP contribution is 2.09. The Morgan fingerprint density at radius 1 is 1.13 bits per heavy atom. The van der Waals surface area contributed by atoms with E-state index in [1.165, 1.54) is 0 Å². The lowest BCUT2D eigenvalue weighted by Crippen LogP contribution is -2.40. The third-order valence-corrected chi connectivity index (χ3v) is 3.71. The van der Waals surface area contributed by atoms with Gasteiger partial charge in [0, 0.05) is 12.1 Å². The molecule has 6 heteroatoms. The van der Waals surface area contributed by atoms with E-state index in [0.29, 0.717) is 12.0 Å². The fourth-order valence-electron chi connectivity index (χ4n) is 2.11. The van der Waals surface area contributed by atoms with Crippen LogP contribution in [-0.4, -0.2) is 36.0 Å². The largest absolute Gasteiger partial charge is 0.481 e. The number of benzene rings is 1. The van der Waals surface area contributed by atoms with E-state index < -0.39 is 17.8 Å². The molecule has 3 N–H and O–H groups in total. The number of carboxylic acids is 1. The van der Waals surface area contributed by atoms with E-state index >= 15 is 0 Å². The van der Waals surface area contributed by atoms with Gasteiger partial charge in [-0.1, -0.05) is 19.4 Å². The summed E-state index contributed by atoms with van der Waals surface area (Å²) >= 11 is 0. The summed E-state index contributed by atoms with van der Waals surface area (Å²) in [5.41, 5.74) is 2.59. The highest BCUT2D eigenvalue weighted by atomic mass is 16.4. The summed E-state index contributed by atoms with van der Waals surface area (Å²) in [6.45, 7) is 5.66. The molecule has 1 unspecified atom stereocenters. The molecule has 1 rings (SSSR count). The van der Waals surface area contributed by atoms with Crippen molar-refractivity contribution < 1.29 is 19.5 Å². The first-order valence-corrected chi connectivity index (χ1v) is 7.70. The number of hydrogen-bond donors (Lipinski definition) is 3. The lowest BCUT2D eigenvalue weighted by atomic mass is 10.0. The van der Waals surface area contributed by atoms with Crippen LogP contribution in [0.2, 0.25) is 0 Å². The van der Waals surface area contributed by atoms with Crippen LogP contribution in [-0.2, 0) is 9.59 Å². The Balaban J connectivity index is 2.44. The second-order valence-electron chi connectivity index (χ2n) is 5.61. The third-order valence-electron chi connectivity index (χ3n) is 3.71. The van der Waals surface area contributed by atoms with Gasteiger partial charge in [0.1, 0.15) is 0 Å². The third kappa shape index (κ3) is 6.10. The number of rotatable bonds is 8. The van der Waals surface area contributed by atoms with Crippen LogP contribution >= 0.6 is 0 Å². The Hall–Kier alpha value is -2.37. The molecule has 1 aromatic rings. The maximum absolute atomic E-state index is 12.0. The Labute approximate surface area is 136 Å². The predicted octanol–water partition coefficient (Wildman–Crippen LogP) is 1.65. The van der Waals surface area contributed by atoms with E-state index in [1.54, 1.807) is 12.1 Å². The van der Waals surface area contributed by atoms with Crippen molar-refractivity contribution in [2.75, 3.05) is 13.1 Å². The van der Waals surface area contributed by atoms with Crippen LogP contribution in [0.25, 0.3) is 0 Å². The van der Waals surface area contributed by atoms with Gasteiger partial charge < -0.3 is 15.7 Å². The average Bonchev–Trinajstić information content (AvgIpc) is 2.51. The Bertz CT molecular complexity index is 584. The predicted molar refractivity (Wildman–Crippen MR) is 87.3 cm³/mol. The Morgan fingerprint density at radius 3 is 2.39 bits per heavy atom. The second kappa shape index (κ2) is 8.92. The van der Waals surface area contributed by atoms with Gasteiger partial charge in [0.2, 0.25) is 5.91 Å². The normalized spacial score (nSPS) is 11.6. The van der Waals surface area contributed by atoms with Gasteiger partial charge >= 0.3 is 5.97 Å². The quantitative estimate of drug-likeness (QED) is 0.678. The van der Waals surface area contributed by atoms with Gasteiger partial charge in [0.15, 0.2) is 0 Å². The van der Waals surface area contributed by atoms with E-state index in [2.05, 4.69) is 10.6 Å². The molecule has 23 heavy (non-hydrogen) atoms. The van der Waals surface area contributed by atoms with Crippen molar-refractivity contribution in [3.63, 3.8) is 0 Å². The molecule has 0 radical (unpaired) electrons. The van der Waals surface area contributed by atoms with Gasteiger partial charge in [-0.2, -0.15) is 0 Å². The van der Waals surface area contributed by atoms with Crippen LogP contribution in [0.4, 0.5) is 0 Å². The number of amides is 2. The molecular weight excluding hydrogens is 296 g/mol. The van der Waals surface area contributed by atoms with E-state index in [1.807, 2.05) is 26.8 Å². The molecule has 0 bridgehead atoms. The van der Waals surface area contributed by atoms with Crippen molar-refractivity contribution in [2.24, 2.45) is 5.92 Å². The van der Waals surface area contributed by atoms with Crippen LogP contribution in [0, 0.1) is 19.8 Å². The molecule has 6 nitrogen and oxygen atoms in total. The smallest absolute Gasteiger partial charge is 0.308 e. The zero-order chi connectivity index (χ0) is 17.4. The summed E-state index contributed by atoms with van der Waals surface area (Å²) in [6, 6.07) is 5.33. The standard InChI is InChI=1S/C17H24N2O4/c1-4-5-14(17(22)23)9-18-15(20)10-19-16(21)13-7-6-11(2)12(3)8-13/h6-8,14H,4-5,9-10H2,1-3H3,(H,18,20)(H,19,21)(H,22,23). The summed E-state index contributed by atoms with van der Waals surface area (Å²) in [5, 5.41) is 14.1. The number of hydrogen-bond acceptors (Lipinski definition) is 3. The van der Waals surface area contributed by atoms with Crippen molar-refractivity contribution in [3.05, 3.63) is 34.9 Å². The fourth-order valence-corrected chi connectivity index (χ4v) is 2.11. The first-order valence-electron chi connectivity index (χ1n) is 7.70. The monoisotopic (exact) mass is 320 g/mol. The topological polar surface area (TPSA) is 95.5 Å². The molecule has 0 aromatic heterocycles. The van der Waals surface area contributed by atoms with Gasteiger partial charge in [0.25, 0.3) is 5.91 Å². The molecule has 0 aliphatic rings. The van der Waals surface area contributed by atoms with Crippen LogP contribution in [0.5, 0.6) is 0 Å². The maximum Gasteiger partial charge on any atom is 0.308 e. The minimum absolute atomic E-state index is 0.0709. The first-order chi connectivity index (χ1) is 10.8. The summed E-state index contributed by atoms with van der Waals surface area (Å²) < 4.78 is 0. The van der Waals surface area contributed by atoms with Crippen molar-refractivity contribution in [1.29, 1.82) is 0 Å². The minimum Gasteiger partial charge on any atom is -0.481 e. The van der Waals surface area contributed by atoms with Crippen LogP contribution in [0.15, 0.2) is 18.2 Å². The average molecular weight is 320 g/mol. The molecule has 126 valence electrons. The number of nitrogens with one attached hydrogen (secondary N) is 2. The molecule has 1 aromatic carbocycles. The maximum atomic E-state index is 12.0. The zero-order valence-electron chi connectivity index (χ0n) is 13.8. The summed E-state index contributed by atoms with van der Waals surface area (Å²) in [4.78, 5) is 34.7. The van der Waals surface area contributed by atoms with Crippen molar-refractivity contribution in [1.82, 2.24) is 10.6 Å². The number of carboxylic acid groups (broad SMARTS) is 1. The van der Waals surface area contributed by atoms with Gasteiger partial charge in [-0.25, -0.2) is 0 Å². The molecule has 0 saturated heterocycles. The van der Waals surface area contributed by atoms with Crippen molar-refractivity contribution in [3.8, 4) is 0 Å². The minimum atomic E-state index is -0.925. The van der Waals surface area contributed by atoms with Gasteiger partial charge in [-0.15, -0.1) is 0 Å². The van der Waals surface area contributed by atoms with E-state index in [-0.39, 0.29) is 19.0 Å². The van der Waals surface area contributed by atoms with Crippen LogP contribution < -0.4 is 10.6 Å². The van der Waals surface area contributed by atoms with Crippen molar-refractivity contribution >= 4 is 17.8 Å². The number of carbonyl (C=O) groups is 3. The second-order valence-corrected chi connectivity index (χ2v) is 5.61. The van der Waals surface area contributed by atoms with E-state index in [0.717, 1.165) is 17.5 Å². The van der Waals surface area contributed by atoms with Gasteiger partial charge in [-0.05, 0) is 43.5 Å². The lowest BCUT2D eigenvalue weighted by Gasteiger charge is -2.12. The van der Waals surface area contributed by atoms with Crippen molar-refractivity contribution in [2.45, 2.75) is 33.6 Å². The van der Waals surface area contributed by atoms with Gasteiger partial charge in [0.05, 0.1) is 12.5 Å². The molecule has 0 saturated carbocycles. The molecule has 0 fully saturated rings. The van der Waals surface area contributed by atoms with E-state index in [9.17, 15) is 14.4 Å². The zero-order valence-corrected chi connectivity index (χ0v) is 13.8. The Kier molecular flexibility index (Phi) is 7.25. The van der Waals surface area contributed by atoms with Gasteiger partial charge in [-0.3, -0.25) is 14.4 Å². The SMILES string of the molecule is CCCC(CNC(=O)CNC(=O)c1ccc(C)c(C)c1)C(=O)O. The molecule has 1 atom stereocenters. The molecular formula is C17H24N2O4. The molecule has 0 heterocycles. The number of carbonyl (C=O) groups excluding carboxylic acids is 2. The highest BCUT2D eigenvalue weighted by molar-refractivity contribution is 5.96. The summed E-state index contributed by atoms with van der Waals surface area (Å²) in [7, 11) is 0. The Morgan fingerprint density at radius 2 is 1.83 bits per heavy atom. The first kappa shape index (κ1) is 18.7. The lowest BCUT2D eigenvalue weighted by molar-refractivity contribution is -0.141. The molecule has 0 spiro atoms. The summed E-state index contributed by atoms with van der Waals surface area (Å²) in [6.07, 6.45) is 1.24. The summed E-state index contributed by atoms with van der Waals surface area (Å²) in [5.74, 6) is -2.25. The number of aryl methyl sites for hydroxylation is 2. The van der Waals surface area contributed by atoms with Crippen LogP contribution in [0.3, 0.4) is 0 Å². The molecule has 0 aliphatic heterocycles. The van der Waals surface area contributed by atoms with Crippen LogP contribution in [0.1, 0.15) is 41.3 Å².